The second kappa shape index (κ2) is 2.15. The van der Waals surface area contributed by atoms with Crippen LogP contribution in [-0.2, 0) is 18.4 Å². The van der Waals surface area contributed by atoms with Crippen molar-refractivity contribution in [2.75, 3.05) is 6.61 Å². The fourth-order valence-electron chi connectivity index (χ4n) is 0.273. The Kier molecular flexibility index (Phi) is 1.68. The zero-order valence-electron chi connectivity index (χ0n) is 4.49. The summed E-state index contributed by atoms with van der Waals surface area (Å²) in [5.74, 6) is 0. The van der Waals surface area contributed by atoms with Gasteiger partial charge in [-0.25, -0.2) is 4.57 Å². The van der Waals surface area contributed by atoms with Crippen LogP contribution in [0, 0.1) is 0 Å². The standard InChI is InChI=1S/C3H7O4P/c1-2-3-5-8(4)6-7-8/h2-3H2,1H3. The number of hydrogen-bond acceptors (Lipinski definition) is 4. The molecule has 0 saturated carbocycles. The maximum atomic E-state index is 10.4. The van der Waals surface area contributed by atoms with Gasteiger partial charge < -0.3 is 0 Å². The lowest BCUT2D eigenvalue weighted by Gasteiger charge is -1.87. The van der Waals surface area contributed by atoms with Gasteiger partial charge in [-0.05, 0) is 6.42 Å². The minimum atomic E-state index is -2.93. The molecule has 1 fully saturated rings. The Morgan fingerprint density at radius 3 is 2.62 bits per heavy atom. The van der Waals surface area contributed by atoms with E-state index < -0.39 is 7.82 Å². The molecule has 1 aliphatic rings. The quantitative estimate of drug-likeness (QED) is 0.336. The summed E-state index contributed by atoms with van der Waals surface area (Å²) in [6.45, 7) is 2.34. The Morgan fingerprint density at radius 2 is 2.25 bits per heavy atom. The molecule has 8 heavy (non-hydrogen) atoms. The molecule has 0 aliphatic carbocycles. The van der Waals surface area contributed by atoms with Crippen LogP contribution < -0.4 is 0 Å². The van der Waals surface area contributed by atoms with Crippen molar-refractivity contribution in [2.24, 2.45) is 0 Å². The van der Waals surface area contributed by atoms with Gasteiger partial charge in [-0.15, -0.1) is 9.35 Å². The summed E-state index contributed by atoms with van der Waals surface area (Å²) in [6, 6.07) is 0. The smallest absolute Gasteiger partial charge is 0.284 e. The van der Waals surface area contributed by atoms with E-state index in [1.807, 2.05) is 6.92 Å². The van der Waals surface area contributed by atoms with Gasteiger partial charge in [-0.1, -0.05) is 6.92 Å². The average Bonchev–Trinajstić information content (AvgIpc) is 2.45. The molecule has 4 nitrogen and oxygen atoms in total. The van der Waals surface area contributed by atoms with E-state index in [0.717, 1.165) is 6.42 Å². The first-order valence-electron chi connectivity index (χ1n) is 2.39. The molecule has 1 aliphatic heterocycles. The van der Waals surface area contributed by atoms with Gasteiger partial charge >= 0.3 is 7.82 Å². The average molecular weight is 138 g/mol. The van der Waals surface area contributed by atoms with Crippen LogP contribution in [0.4, 0.5) is 0 Å². The third-order valence-corrected chi connectivity index (χ3v) is 1.54. The minimum Gasteiger partial charge on any atom is -0.284 e. The van der Waals surface area contributed by atoms with Crippen molar-refractivity contribution in [2.45, 2.75) is 13.3 Å². The SMILES string of the molecule is CCCOP1(=O)OO1. The van der Waals surface area contributed by atoms with Crippen molar-refractivity contribution in [3.05, 3.63) is 0 Å². The zero-order chi connectivity index (χ0) is 6.04. The highest BCUT2D eigenvalue weighted by molar-refractivity contribution is 7.52. The van der Waals surface area contributed by atoms with Crippen LogP contribution in [0.15, 0.2) is 0 Å². The lowest BCUT2D eigenvalue weighted by atomic mass is 10.5. The summed E-state index contributed by atoms with van der Waals surface area (Å²) in [4.78, 5) is 0. The molecule has 0 bridgehead atoms. The molecule has 5 heteroatoms. The monoisotopic (exact) mass is 138 g/mol. The molecular formula is C3H7O4P. The summed E-state index contributed by atoms with van der Waals surface area (Å²) in [5, 5.41) is 0. The van der Waals surface area contributed by atoms with Gasteiger partial charge in [0.05, 0.1) is 6.61 Å². The van der Waals surface area contributed by atoms with Gasteiger partial charge in [0.1, 0.15) is 0 Å². The Morgan fingerprint density at radius 1 is 1.62 bits per heavy atom. The molecule has 0 amide bonds. The van der Waals surface area contributed by atoms with E-state index >= 15 is 0 Å². The van der Waals surface area contributed by atoms with E-state index in [1.165, 1.54) is 0 Å². The first-order chi connectivity index (χ1) is 3.77. The third-order valence-electron chi connectivity index (χ3n) is 0.650. The molecule has 0 aromatic heterocycles. The molecule has 0 N–H and O–H groups in total. The molecule has 1 rings (SSSR count). The first-order valence-corrected chi connectivity index (χ1v) is 3.85. The molecule has 1 heterocycles. The summed E-state index contributed by atoms with van der Waals surface area (Å²) in [7, 11) is -2.93. The predicted octanol–water partition coefficient (Wildman–Crippen LogP) is 1.48. The third kappa shape index (κ3) is 1.56. The summed E-state index contributed by atoms with van der Waals surface area (Å²) in [6.07, 6.45) is 0.816. The van der Waals surface area contributed by atoms with E-state index in [9.17, 15) is 4.57 Å². The van der Waals surface area contributed by atoms with Crippen LogP contribution in [0.3, 0.4) is 0 Å². The minimum absolute atomic E-state index is 0.428. The van der Waals surface area contributed by atoms with Crippen LogP contribution in [-0.4, -0.2) is 6.61 Å². The normalized spacial score (nSPS) is 23.1. The maximum Gasteiger partial charge on any atom is 0.530 e. The molecule has 0 radical (unpaired) electrons. The zero-order valence-corrected chi connectivity index (χ0v) is 5.39. The van der Waals surface area contributed by atoms with Crippen molar-refractivity contribution >= 4 is 7.82 Å². The van der Waals surface area contributed by atoms with Crippen molar-refractivity contribution in [1.82, 2.24) is 0 Å². The van der Waals surface area contributed by atoms with E-state index in [0.29, 0.717) is 6.61 Å². The Labute approximate surface area is 47.3 Å². The fourth-order valence-corrected chi connectivity index (χ4v) is 0.983. The van der Waals surface area contributed by atoms with E-state index in [1.54, 1.807) is 0 Å². The van der Waals surface area contributed by atoms with Gasteiger partial charge in [-0.3, -0.25) is 4.52 Å². The molecular weight excluding hydrogens is 131 g/mol. The number of hydrogen-bond donors (Lipinski definition) is 0. The van der Waals surface area contributed by atoms with Gasteiger partial charge in [-0.2, -0.15) is 0 Å². The summed E-state index contributed by atoms with van der Waals surface area (Å²) in [5.41, 5.74) is 0. The highest BCUT2D eigenvalue weighted by Crippen LogP contribution is 2.65. The van der Waals surface area contributed by atoms with Gasteiger partial charge in [0.2, 0.25) is 0 Å². The molecule has 1 saturated heterocycles. The fraction of sp³-hybridized carbons (Fsp3) is 1.00. The maximum absolute atomic E-state index is 10.4. The Balaban J connectivity index is 2.11. The van der Waals surface area contributed by atoms with E-state index in [-0.39, 0.29) is 0 Å². The molecule has 48 valence electrons. The second-order valence-electron chi connectivity index (χ2n) is 1.43. The highest BCUT2D eigenvalue weighted by atomic mass is 31.2. The molecule has 0 atom stereocenters. The second-order valence-corrected chi connectivity index (χ2v) is 2.88. The first kappa shape index (κ1) is 6.23. The van der Waals surface area contributed by atoms with Crippen LogP contribution in [0.1, 0.15) is 13.3 Å². The summed E-state index contributed by atoms with van der Waals surface area (Å²) >= 11 is 0. The Bertz CT molecular complexity index is 114. The Hall–Kier alpha value is 0.110. The lowest BCUT2D eigenvalue weighted by molar-refractivity contribution is 0.0850. The molecule has 0 unspecified atom stereocenters. The molecule has 0 spiro atoms. The van der Waals surface area contributed by atoms with Gasteiger partial charge in [0.25, 0.3) is 0 Å². The largest absolute Gasteiger partial charge is 0.530 e. The van der Waals surface area contributed by atoms with E-state index in [2.05, 4.69) is 13.9 Å². The van der Waals surface area contributed by atoms with Crippen LogP contribution in [0.2, 0.25) is 0 Å². The van der Waals surface area contributed by atoms with Gasteiger partial charge in [0, 0.05) is 0 Å². The van der Waals surface area contributed by atoms with Crippen molar-refractivity contribution < 1.29 is 18.4 Å². The lowest BCUT2D eigenvalue weighted by Crippen LogP contribution is -1.80. The summed E-state index contributed by atoms with van der Waals surface area (Å²) < 4.78 is 23.1. The van der Waals surface area contributed by atoms with Crippen molar-refractivity contribution in [1.29, 1.82) is 0 Å². The van der Waals surface area contributed by atoms with Crippen LogP contribution in [0.5, 0.6) is 0 Å². The van der Waals surface area contributed by atoms with Crippen LogP contribution in [0.25, 0.3) is 0 Å². The topological polar surface area (TPSA) is 51.4 Å². The van der Waals surface area contributed by atoms with Gasteiger partial charge in [0.15, 0.2) is 0 Å². The molecule has 0 aromatic carbocycles. The highest BCUT2D eigenvalue weighted by Gasteiger charge is 2.45. The van der Waals surface area contributed by atoms with E-state index in [4.69, 9.17) is 0 Å². The molecule has 0 aromatic rings. The number of phosphoric acid groups is 1. The van der Waals surface area contributed by atoms with Crippen molar-refractivity contribution in [3.63, 3.8) is 0 Å². The number of rotatable bonds is 3. The van der Waals surface area contributed by atoms with Crippen molar-refractivity contribution in [3.8, 4) is 0 Å². The van der Waals surface area contributed by atoms with Crippen LogP contribution >= 0.6 is 7.82 Å². The predicted molar refractivity (Wildman–Crippen MR) is 26.0 cm³/mol.